The highest BCUT2D eigenvalue weighted by Gasteiger charge is 2.25. The maximum absolute atomic E-state index is 12.5. The van der Waals surface area contributed by atoms with Crippen molar-refractivity contribution in [2.45, 2.75) is 38.8 Å². The first-order chi connectivity index (χ1) is 16.6. The van der Waals surface area contributed by atoms with Gasteiger partial charge in [-0.2, -0.15) is 0 Å². The number of esters is 1. The van der Waals surface area contributed by atoms with Gasteiger partial charge in [0.15, 0.2) is 11.6 Å². The van der Waals surface area contributed by atoms with Gasteiger partial charge < -0.3 is 28.9 Å². The average molecular weight is 485 g/mol. The highest BCUT2D eigenvalue weighted by molar-refractivity contribution is 5.86. The molecule has 1 aromatic carbocycles. The zero-order valence-corrected chi connectivity index (χ0v) is 20.0. The molecule has 35 heavy (non-hydrogen) atoms. The fourth-order valence-corrected chi connectivity index (χ4v) is 3.01. The molecule has 0 saturated heterocycles. The van der Waals surface area contributed by atoms with Crippen LogP contribution in [0.3, 0.4) is 0 Å². The molecule has 2 amide bonds. The van der Waals surface area contributed by atoms with Crippen LogP contribution in [0.4, 0.5) is 15.3 Å². The quantitative estimate of drug-likeness (QED) is 0.334. The number of nitrogens with one attached hydrogen (secondary N) is 3. The van der Waals surface area contributed by atoms with Crippen LogP contribution < -0.4 is 10.6 Å². The van der Waals surface area contributed by atoms with Crippen molar-refractivity contribution in [3.8, 4) is 11.3 Å². The van der Waals surface area contributed by atoms with E-state index in [1.54, 1.807) is 51.2 Å². The molecule has 186 valence electrons. The summed E-state index contributed by atoms with van der Waals surface area (Å²) in [5.74, 6) is -0.0230. The topological polar surface area (TPSA) is 158 Å². The molecule has 0 spiro atoms. The first-order valence-corrected chi connectivity index (χ1v) is 10.6. The van der Waals surface area contributed by atoms with E-state index in [9.17, 15) is 14.4 Å². The number of anilines is 1. The Hall–Kier alpha value is -4.35. The summed E-state index contributed by atoms with van der Waals surface area (Å²) < 4.78 is 20.0. The normalized spacial score (nSPS) is 11.9. The number of H-pyrrole nitrogens is 1. The lowest BCUT2D eigenvalue weighted by atomic mass is 10.1. The number of carbonyl (C=O) groups excluding carboxylic acids is 3. The lowest BCUT2D eigenvalue weighted by molar-refractivity contribution is 0.0498. The fourth-order valence-electron chi connectivity index (χ4n) is 3.01. The Morgan fingerprint density at radius 1 is 1.09 bits per heavy atom. The largest absolute Gasteiger partial charge is 0.464 e. The summed E-state index contributed by atoms with van der Waals surface area (Å²) in [7, 11) is 2.53. The van der Waals surface area contributed by atoms with Gasteiger partial charge in [-0.05, 0) is 38.5 Å². The zero-order chi connectivity index (χ0) is 25.6. The van der Waals surface area contributed by atoms with Crippen molar-refractivity contribution in [1.82, 2.24) is 20.3 Å². The number of benzene rings is 1. The molecule has 12 nitrogen and oxygen atoms in total. The fraction of sp³-hybridized carbons (Fsp3) is 0.348. The smallest absolute Gasteiger partial charge is 0.411 e. The van der Waals surface area contributed by atoms with Crippen LogP contribution in [0.1, 0.15) is 49.0 Å². The number of nitrogens with zero attached hydrogens (tertiary/aromatic N) is 2. The minimum Gasteiger partial charge on any atom is -0.464 e. The maximum Gasteiger partial charge on any atom is 0.411 e. The van der Waals surface area contributed by atoms with Crippen LogP contribution in [0.15, 0.2) is 41.1 Å². The van der Waals surface area contributed by atoms with E-state index < -0.39 is 29.8 Å². The van der Waals surface area contributed by atoms with Gasteiger partial charge in [0, 0.05) is 5.69 Å². The molecule has 3 aromatic rings. The van der Waals surface area contributed by atoms with Crippen molar-refractivity contribution < 1.29 is 33.0 Å². The first kappa shape index (κ1) is 25.3. The molecule has 1 unspecified atom stereocenters. The van der Waals surface area contributed by atoms with Gasteiger partial charge in [0.05, 0.1) is 38.6 Å². The standard InChI is InChI=1S/C23H27N5O7/c1-23(2,3)35-22(31)28-15(10-18-26-17(12-34-18)20(29)32-4)19-24-11-16(27-19)13-6-8-14(9-7-13)25-21(30)33-5/h6-9,11-12,15H,10H2,1-5H3,(H,24,27)(H,25,30)(H,28,31). The summed E-state index contributed by atoms with van der Waals surface area (Å²) >= 11 is 0. The summed E-state index contributed by atoms with van der Waals surface area (Å²) in [4.78, 5) is 47.2. The monoisotopic (exact) mass is 485 g/mol. The number of aromatic nitrogens is 3. The molecule has 2 aromatic heterocycles. The molecule has 3 N–H and O–H groups in total. The molecule has 0 radical (unpaired) electrons. The Bertz CT molecular complexity index is 1180. The van der Waals surface area contributed by atoms with Gasteiger partial charge in [0.2, 0.25) is 0 Å². The van der Waals surface area contributed by atoms with E-state index in [-0.39, 0.29) is 18.0 Å². The minimum atomic E-state index is -0.706. The highest BCUT2D eigenvalue weighted by atomic mass is 16.6. The second kappa shape index (κ2) is 10.7. The van der Waals surface area contributed by atoms with E-state index in [1.165, 1.54) is 20.5 Å². The molecule has 0 fully saturated rings. The second-order valence-corrected chi connectivity index (χ2v) is 8.40. The van der Waals surface area contributed by atoms with Crippen LogP contribution in [0.2, 0.25) is 0 Å². The maximum atomic E-state index is 12.5. The third-order valence-corrected chi connectivity index (χ3v) is 4.57. The van der Waals surface area contributed by atoms with Crippen molar-refractivity contribution in [3.05, 3.63) is 54.1 Å². The van der Waals surface area contributed by atoms with E-state index in [0.717, 1.165) is 5.56 Å². The number of aromatic amines is 1. The molecule has 0 aliphatic rings. The van der Waals surface area contributed by atoms with Gasteiger partial charge in [-0.3, -0.25) is 5.32 Å². The van der Waals surface area contributed by atoms with Crippen molar-refractivity contribution in [2.24, 2.45) is 0 Å². The number of alkyl carbamates (subject to hydrolysis) is 1. The first-order valence-electron chi connectivity index (χ1n) is 10.6. The molecular weight excluding hydrogens is 458 g/mol. The van der Waals surface area contributed by atoms with Crippen LogP contribution in [-0.2, 0) is 20.6 Å². The third-order valence-electron chi connectivity index (χ3n) is 4.57. The average Bonchev–Trinajstić information content (AvgIpc) is 3.47. The third kappa shape index (κ3) is 7.06. The summed E-state index contributed by atoms with van der Waals surface area (Å²) in [6, 6.07) is 6.29. The van der Waals surface area contributed by atoms with Crippen LogP contribution in [0.5, 0.6) is 0 Å². The molecule has 0 saturated carbocycles. The number of rotatable bonds is 7. The summed E-state index contributed by atoms with van der Waals surface area (Å²) in [5, 5.41) is 5.34. The van der Waals surface area contributed by atoms with E-state index in [4.69, 9.17) is 9.15 Å². The van der Waals surface area contributed by atoms with Crippen LogP contribution in [0, 0.1) is 0 Å². The molecule has 12 heteroatoms. The van der Waals surface area contributed by atoms with Gasteiger partial charge in [-0.1, -0.05) is 12.1 Å². The molecule has 3 rings (SSSR count). The zero-order valence-electron chi connectivity index (χ0n) is 20.0. The number of hydrogen-bond donors (Lipinski definition) is 3. The Kier molecular flexibility index (Phi) is 7.74. The van der Waals surface area contributed by atoms with Gasteiger partial charge >= 0.3 is 18.2 Å². The van der Waals surface area contributed by atoms with Crippen molar-refractivity contribution in [2.75, 3.05) is 19.5 Å². The summed E-state index contributed by atoms with van der Waals surface area (Å²) in [6.45, 7) is 5.26. The molecule has 1 atom stereocenters. The van der Waals surface area contributed by atoms with Crippen LogP contribution >= 0.6 is 0 Å². The van der Waals surface area contributed by atoms with Gasteiger partial charge in [0.1, 0.15) is 17.7 Å². The number of methoxy groups -OCH3 is 2. The van der Waals surface area contributed by atoms with E-state index in [0.29, 0.717) is 17.2 Å². The van der Waals surface area contributed by atoms with Crippen molar-refractivity contribution in [3.63, 3.8) is 0 Å². The predicted molar refractivity (Wildman–Crippen MR) is 124 cm³/mol. The number of ether oxygens (including phenoxy) is 3. The molecule has 0 aliphatic heterocycles. The summed E-state index contributed by atoms with van der Waals surface area (Å²) in [6.07, 6.45) is 1.66. The molecule has 2 heterocycles. The summed E-state index contributed by atoms with van der Waals surface area (Å²) in [5.41, 5.74) is 1.33. The Morgan fingerprint density at radius 3 is 2.43 bits per heavy atom. The van der Waals surface area contributed by atoms with E-state index in [1.807, 2.05) is 0 Å². The lowest BCUT2D eigenvalue weighted by Gasteiger charge is -2.22. The minimum absolute atomic E-state index is 0.0132. The number of amides is 2. The number of carbonyl (C=O) groups is 3. The highest BCUT2D eigenvalue weighted by Crippen LogP contribution is 2.24. The Balaban J connectivity index is 1.82. The van der Waals surface area contributed by atoms with Gasteiger partial charge in [-0.25, -0.2) is 24.4 Å². The lowest BCUT2D eigenvalue weighted by Crippen LogP contribution is -2.36. The number of hydrogen-bond acceptors (Lipinski definition) is 9. The Morgan fingerprint density at radius 2 is 1.80 bits per heavy atom. The molecule has 0 bridgehead atoms. The number of imidazole rings is 1. The predicted octanol–water partition coefficient (Wildman–Crippen LogP) is 3.84. The SMILES string of the molecule is COC(=O)Nc1ccc(-c2cnc(C(Cc3nc(C(=O)OC)co3)NC(=O)OC(C)(C)C)[nH]2)cc1. The second-order valence-electron chi connectivity index (χ2n) is 8.40. The van der Waals surface area contributed by atoms with Crippen molar-refractivity contribution >= 4 is 23.8 Å². The van der Waals surface area contributed by atoms with E-state index in [2.05, 4.69) is 35.1 Å². The van der Waals surface area contributed by atoms with Gasteiger partial charge in [-0.15, -0.1) is 0 Å². The Labute approximate surface area is 201 Å². The van der Waals surface area contributed by atoms with Crippen LogP contribution in [0.25, 0.3) is 11.3 Å². The van der Waals surface area contributed by atoms with Crippen LogP contribution in [-0.4, -0.2) is 52.9 Å². The molecule has 0 aliphatic carbocycles. The van der Waals surface area contributed by atoms with Gasteiger partial charge in [0.25, 0.3) is 0 Å². The number of oxazole rings is 1. The molecular formula is C23H27N5O7. The van der Waals surface area contributed by atoms with Crippen molar-refractivity contribution in [1.29, 1.82) is 0 Å². The van der Waals surface area contributed by atoms with E-state index >= 15 is 0 Å².